The van der Waals surface area contributed by atoms with Crippen LogP contribution in [0.1, 0.15) is 10.4 Å². The Balaban J connectivity index is 2.05. The third-order valence-electron chi connectivity index (χ3n) is 3.05. The second kappa shape index (κ2) is 6.80. The molecule has 0 saturated heterocycles. The largest absolute Gasteiger partial charge is 0.347 e. The van der Waals surface area contributed by atoms with E-state index < -0.39 is 0 Å². The average Bonchev–Trinajstić information content (AvgIpc) is 2.52. The molecule has 0 fully saturated rings. The number of hydrogen-bond acceptors (Lipinski definition) is 3. The summed E-state index contributed by atoms with van der Waals surface area (Å²) < 4.78 is 13.2. The number of amides is 2. The summed E-state index contributed by atoms with van der Waals surface area (Å²) in [7, 11) is 3.23. The molecule has 114 valence electrons. The molecule has 0 aliphatic rings. The van der Waals surface area contributed by atoms with Gasteiger partial charge in [-0.3, -0.25) is 14.6 Å². The van der Waals surface area contributed by atoms with Gasteiger partial charge in [0.15, 0.2) is 0 Å². The molecule has 2 rings (SSSR count). The molecule has 1 heterocycles. The Morgan fingerprint density at radius 2 is 2.00 bits per heavy atom. The molecular weight excluding hydrogens is 285 g/mol. The van der Waals surface area contributed by atoms with Crippen LogP contribution in [0.15, 0.2) is 42.6 Å². The van der Waals surface area contributed by atoms with Gasteiger partial charge < -0.3 is 10.2 Å². The molecule has 0 aliphatic heterocycles. The van der Waals surface area contributed by atoms with Crippen LogP contribution in [0.25, 0.3) is 11.3 Å². The number of hydrogen-bond donors (Lipinski definition) is 1. The molecule has 0 saturated carbocycles. The van der Waals surface area contributed by atoms with Crippen molar-refractivity contribution in [2.24, 2.45) is 0 Å². The Hall–Kier alpha value is -2.76. The Morgan fingerprint density at radius 3 is 2.59 bits per heavy atom. The molecule has 2 aromatic rings. The van der Waals surface area contributed by atoms with Crippen LogP contribution in [0.2, 0.25) is 0 Å². The maximum absolute atomic E-state index is 13.2. The van der Waals surface area contributed by atoms with Gasteiger partial charge in [0.25, 0.3) is 5.91 Å². The maximum Gasteiger partial charge on any atom is 0.253 e. The number of nitrogens with one attached hydrogen (secondary N) is 1. The highest BCUT2D eigenvalue weighted by molar-refractivity contribution is 5.96. The van der Waals surface area contributed by atoms with Gasteiger partial charge in [-0.1, -0.05) is 12.1 Å². The van der Waals surface area contributed by atoms with Gasteiger partial charge in [-0.2, -0.15) is 0 Å². The third-order valence-corrected chi connectivity index (χ3v) is 3.05. The smallest absolute Gasteiger partial charge is 0.253 e. The van der Waals surface area contributed by atoms with Crippen molar-refractivity contribution in [3.63, 3.8) is 0 Å². The van der Waals surface area contributed by atoms with Crippen LogP contribution in [-0.2, 0) is 4.79 Å². The number of halogens is 1. The summed E-state index contributed by atoms with van der Waals surface area (Å²) in [6.45, 7) is -0.0719. The van der Waals surface area contributed by atoms with Crippen LogP contribution in [0.5, 0.6) is 0 Å². The highest BCUT2D eigenvalue weighted by Gasteiger charge is 2.10. The number of pyridine rings is 1. The minimum atomic E-state index is -0.381. The fourth-order valence-electron chi connectivity index (χ4n) is 1.76. The van der Waals surface area contributed by atoms with Crippen LogP contribution in [0, 0.1) is 5.82 Å². The van der Waals surface area contributed by atoms with Gasteiger partial charge in [-0.05, 0) is 24.3 Å². The second-order valence-electron chi connectivity index (χ2n) is 4.91. The van der Waals surface area contributed by atoms with Gasteiger partial charge in [-0.25, -0.2) is 4.39 Å². The molecule has 0 spiro atoms. The molecule has 0 radical (unpaired) electrons. The van der Waals surface area contributed by atoms with E-state index in [0.29, 0.717) is 16.8 Å². The predicted octanol–water partition coefficient (Wildman–Crippen LogP) is 1.71. The number of nitrogens with zero attached hydrogens (tertiary/aromatic N) is 2. The van der Waals surface area contributed by atoms with Crippen LogP contribution >= 0.6 is 0 Å². The van der Waals surface area contributed by atoms with Crippen molar-refractivity contribution >= 4 is 11.8 Å². The summed E-state index contributed by atoms with van der Waals surface area (Å²) in [5.41, 5.74) is 1.54. The summed E-state index contributed by atoms with van der Waals surface area (Å²) in [5.74, 6) is -0.922. The van der Waals surface area contributed by atoms with Crippen molar-refractivity contribution in [3.8, 4) is 11.3 Å². The number of likely N-dealkylation sites (N-methyl/N-ethyl adjacent to an activating group) is 1. The van der Waals surface area contributed by atoms with Gasteiger partial charge in [-0.15, -0.1) is 0 Å². The fraction of sp³-hybridized carbons (Fsp3) is 0.188. The Morgan fingerprint density at radius 1 is 1.23 bits per heavy atom. The number of benzene rings is 1. The third kappa shape index (κ3) is 3.88. The molecule has 1 aromatic carbocycles. The molecule has 1 N–H and O–H groups in total. The van der Waals surface area contributed by atoms with E-state index in [0.717, 1.165) is 0 Å². The van der Waals surface area contributed by atoms with Crippen molar-refractivity contribution in [1.82, 2.24) is 15.2 Å². The van der Waals surface area contributed by atoms with E-state index in [2.05, 4.69) is 10.3 Å². The summed E-state index contributed by atoms with van der Waals surface area (Å²) in [4.78, 5) is 28.8. The van der Waals surface area contributed by atoms with E-state index in [9.17, 15) is 14.0 Å². The first-order valence-corrected chi connectivity index (χ1v) is 6.67. The molecule has 0 bridgehead atoms. The molecule has 2 amide bonds. The van der Waals surface area contributed by atoms with Crippen LogP contribution in [0.4, 0.5) is 4.39 Å². The Kier molecular flexibility index (Phi) is 4.83. The van der Waals surface area contributed by atoms with Crippen molar-refractivity contribution in [1.29, 1.82) is 0 Å². The fourth-order valence-corrected chi connectivity index (χ4v) is 1.76. The molecule has 0 atom stereocenters. The molecule has 6 heteroatoms. The minimum absolute atomic E-state index is 0.0719. The number of carbonyl (C=O) groups excluding carboxylic acids is 2. The molecule has 0 unspecified atom stereocenters. The second-order valence-corrected chi connectivity index (χ2v) is 4.91. The van der Waals surface area contributed by atoms with Crippen molar-refractivity contribution in [3.05, 3.63) is 54.0 Å². The average molecular weight is 301 g/mol. The normalized spacial score (nSPS) is 10.1. The van der Waals surface area contributed by atoms with Crippen molar-refractivity contribution in [2.45, 2.75) is 0 Å². The molecule has 22 heavy (non-hydrogen) atoms. The van der Waals surface area contributed by atoms with E-state index in [1.165, 1.54) is 23.2 Å². The standard InChI is InChI=1S/C16H16FN3O2/c1-20(2)15(21)10-19-16(22)12-6-7-14(18-9-12)11-4-3-5-13(17)8-11/h3-9H,10H2,1-2H3,(H,19,22). The number of rotatable bonds is 4. The zero-order valence-corrected chi connectivity index (χ0v) is 12.3. The first-order chi connectivity index (χ1) is 10.5. The van der Waals surface area contributed by atoms with Gasteiger partial charge in [0.05, 0.1) is 17.8 Å². The summed E-state index contributed by atoms with van der Waals surface area (Å²) in [6, 6.07) is 9.28. The highest BCUT2D eigenvalue weighted by atomic mass is 19.1. The Labute approximate surface area is 127 Å². The topological polar surface area (TPSA) is 62.3 Å². The summed E-state index contributed by atoms with van der Waals surface area (Å²) in [6.07, 6.45) is 1.40. The van der Waals surface area contributed by atoms with E-state index in [-0.39, 0.29) is 24.2 Å². The lowest BCUT2D eigenvalue weighted by atomic mass is 10.1. The lowest BCUT2D eigenvalue weighted by Crippen LogP contribution is -2.36. The Bertz CT molecular complexity index is 684. The first-order valence-electron chi connectivity index (χ1n) is 6.67. The monoisotopic (exact) mass is 301 g/mol. The molecule has 1 aromatic heterocycles. The van der Waals surface area contributed by atoms with E-state index in [1.807, 2.05) is 0 Å². The van der Waals surface area contributed by atoms with Crippen molar-refractivity contribution < 1.29 is 14.0 Å². The highest BCUT2D eigenvalue weighted by Crippen LogP contribution is 2.17. The molecule has 5 nitrogen and oxygen atoms in total. The zero-order chi connectivity index (χ0) is 16.1. The van der Waals surface area contributed by atoms with E-state index >= 15 is 0 Å². The van der Waals surface area contributed by atoms with Crippen LogP contribution in [0.3, 0.4) is 0 Å². The van der Waals surface area contributed by atoms with E-state index in [4.69, 9.17) is 0 Å². The molecular formula is C16H16FN3O2. The van der Waals surface area contributed by atoms with Gasteiger partial charge >= 0.3 is 0 Å². The summed E-state index contributed by atoms with van der Waals surface area (Å²) in [5, 5.41) is 2.52. The number of carbonyl (C=O) groups is 2. The van der Waals surface area contributed by atoms with Gasteiger partial charge in [0.1, 0.15) is 5.82 Å². The van der Waals surface area contributed by atoms with Crippen LogP contribution < -0.4 is 5.32 Å². The predicted molar refractivity (Wildman–Crippen MR) is 80.7 cm³/mol. The zero-order valence-electron chi connectivity index (χ0n) is 12.3. The minimum Gasteiger partial charge on any atom is -0.347 e. The van der Waals surface area contributed by atoms with Crippen LogP contribution in [-0.4, -0.2) is 42.3 Å². The first kappa shape index (κ1) is 15.6. The quantitative estimate of drug-likeness (QED) is 0.935. The van der Waals surface area contributed by atoms with Gasteiger partial charge in [0, 0.05) is 25.9 Å². The maximum atomic E-state index is 13.2. The lowest BCUT2D eigenvalue weighted by Gasteiger charge is -2.11. The van der Waals surface area contributed by atoms with Crippen molar-refractivity contribution in [2.75, 3.05) is 20.6 Å². The summed E-state index contributed by atoms with van der Waals surface area (Å²) >= 11 is 0. The number of aromatic nitrogens is 1. The SMILES string of the molecule is CN(C)C(=O)CNC(=O)c1ccc(-c2cccc(F)c2)nc1. The molecule has 0 aliphatic carbocycles. The lowest BCUT2D eigenvalue weighted by molar-refractivity contribution is -0.127. The van der Waals surface area contributed by atoms with Gasteiger partial charge in [0.2, 0.25) is 5.91 Å². The van der Waals surface area contributed by atoms with E-state index in [1.54, 1.807) is 38.4 Å².